The Morgan fingerprint density at radius 3 is 2.40 bits per heavy atom. The van der Waals surface area contributed by atoms with Gasteiger partial charge < -0.3 is 23.6 Å². The molecule has 1 N–H and O–H groups in total. The highest BCUT2D eigenvalue weighted by Gasteiger charge is 2.50. The molecule has 0 radical (unpaired) electrons. The second-order valence-electron chi connectivity index (χ2n) is 5.23. The molecule has 2 unspecified atom stereocenters. The van der Waals surface area contributed by atoms with E-state index in [9.17, 15) is 9.67 Å². The summed E-state index contributed by atoms with van der Waals surface area (Å²) in [5.41, 5.74) is 0. The Kier molecular flexibility index (Phi) is 5.63. The van der Waals surface area contributed by atoms with E-state index in [0.717, 1.165) is 25.7 Å². The summed E-state index contributed by atoms with van der Waals surface area (Å²) < 4.78 is 34.5. The van der Waals surface area contributed by atoms with Crippen LogP contribution in [0.1, 0.15) is 46.0 Å². The minimum Gasteiger partial charge on any atom is -0.378 e. The number of hydrogen-bond donors (Lipinski definition) is 1. The minimum atomic E-state index is -3.58. The molecule has 0 aromatic rings. The zero-order valence-corrected chi connectivity index (χ0v) is 13.1. The molecule has 1 aliphatic carbocycles. The van der Waals surface area contributed by atoms with Crippen LogP contribution >= 0.6 is 7.60 Å². The first-order chi connectivity index (χ1) is 9.55. The fraction of sp³-hybridized carbons (Fsp3) is 1.00. The number of hydrogen-bond acceptors (Lipinski definition) is 6. The summed E-state index contributed by atoms with van der Waals surface area (Å²) in [4.78, 5) is 0. The van der Waals surface area contributed by atoms with Crippen LogP contribution in [0.15, 0.2) is 0 Å². The van der Waals surface area contributed by atoms with Crippen molar-refractivity contribution >= 4 is 7.60 Å². The second-order valence-corrected chi connectivity index (χ2v) is 7.35. The topological polar surface area (TPSA) is 74.2 Å². The fourth-order valence-electron chi connectivity index (χ4n) is 2.83. The van der Waals surface area contributed by atoms with Gasteiger partial charge in [0.15, 0.2) is 11.6 Å². The Balaban J connectivity index is 2.02. The van der Waals surface area contributed by atoms with Gasteiger partial charge in [0.05, 0.1) is 19.8 Å². The molecule has 1 heterocycles. The zero-order chi connectivity index (χ0) is 14.6. The Hall–Kier alpha value is 0.0300. The fourth-order valence-corrected chi connectivity index (χ4v) is 4.48. The van der Waals surface area contributed by atoms with Gasteiger partial charge in [-0.25, -0.2) is 0 Å². The Morgan fingerprint density at radius 2 is 1.85 bits per heavy atom. The van der Waals surface area contributed by atoms with Crippen molar-refractivity contribution in [2.75, 3.05) is 19.8 Å². The summed E-state index contributed by atoms with van der Waals surface area (Å²) >= 11 is 0. The highest BCUT2D eigenvalue weighted by atomic mass is 31.2. The first-order valence-electron chi connectivity index (χ1n) is 7.44. The maximum absolute atomic E-state index is 12.5. The van der Waals surface area contributed by atoms with Crippen molar-refractivity contribution in [2.24, 2.45) is 0 Å². The lowest BCUT2D eigenvalue weighted by Crippen LogP contribution is -2.36. The van der Waals surface area contributed by atoms with Crippen molar-refractivity contribution < 1.29 is 28.2 Å². The Labute approximate surface area is 120 Å². The van der Waals surface area contributed by atoms with E-state index in [1.54, 1.807) is 13.8 Å². The standard InChI is InChI=1S/C13H25O6P/c1-3-17-20(15,18-4-2)12(14)11-10-16-13(19-11)8-6-5-7-9-13/h11-12,14H,3-10H2,1-2H3. The van der Waals surface area contributed by atoms with Crippen LogP contribution in [0.2, 0.25) is 0 Å². The maximum atomic E-state index is 12.5. The number of aliphatic hydroxyl groups excluding tert-OH is 1. The van der Waals surface area contributed by atoms with E-state index in [4.69, 9.17) is 18.5 Å². The van der Waals surface area contributed by atoms with Crippen LogP contribution in [0.5, 0.6) is 0 Å². The SMILES string of the molecule is CCOP(=O)(OCC)C(O)C1COC2(CCCCC2)O1. The molecular formula is C13H25O6P. The summed E-state index contributed by atoms with van der Waals surface area (Å²) in [6.45, 7) is 4.09. The third-order valence-electron chi connectivity index (χ3n) is 3.77. The second kappa shape index (κ2) is 6.86. The molecule has 1 saturated heterocycles. The van der Waals surface area contributed by atoms with Gasteiger partial charge in [-0.3, -0.25) is 4.57 Å². The summed E-state index contributed by atoms with van der Waals surface area (Å²) in [6.07, 6.45) is 4.28. The molecule has 1 aliphatic heterocycles. The molecule has 1 saturated carbocycles. The predicted molar refractivity (Wildman–Crippen MR) is 73.5 cm³/mol. The molecule has 7 heteroatoms. The third-order valence-corrected chi connectivity index (χ3v) is 5.98. The molecule has 0 bridgehead atoms. The molecule has 0 aromatic heterocycles. The van der Waals surface area contributed by atoms with Crippen molar-refractivity contribution in [1.29, 1.82) is 0 Å². The van der Waals surface area contributed by atoms with E-state index in [1.165, 1.54) is 6.42 Å². The number of aliphatic hydroxyl groups is 1. The third kappa shape index (κ3) is 3.43. The van der Waals surface area contributed by atoms with Crippen LogP contribution in [0.25, 0.3) is 0 Å². The molecule has 2 rings (SSSR count). The summed E-state index contributed by atoms with van der Waals surface area (Å²) in [5, 5.41) is 10.3. The van der Waals surface area contributed by atoms with Gasteiger partial charge in [-0.2, -0.15) is 0 Å². The largest absolute Gasteiger partial charge is 0.378 e. The molecule has 2 atom stereocenters. The van der Waals surface area contributed by atoms with Crippen molar-refractivity contribution in [2.45, 2.75) is 63.7 Å². The lowest BCUT2D eigenvalue weighted by molar-refractivity contribution is -0.192. The quantitative estimate of drug-likeness (QED) is 0.760. The first kappa shape index (κ1) is 16.4. The van der Waals surface area contributed by atoms with E-state index in [2.05, 4.69) is 0 Å². The highest BCUT2D eigenvalue weighted by Crippen LogP contribution is 2.55. The van der Waals surface area contributed by atoms with E-state index < -0.39 is 25.3 Å². The number of rotatable bonds is 6. The van der Waals surface area contributed by atoms with Gasteiger partial charge in [-0.05, 0) is 26.7 Å². The monoisotopic (exact) mass is 308 g/mol. The Morgan fingerprint density at radius 1 is 1.25 bits per heavy atom. The van der Waals surface area contributed by atoms with Crippen molar-refractivity contribution in [3.05, 3.63) is 0 Å². The van der Waals surface area contributed by atoms with Crippen LogP contribution in [0.4, 0.5) is 0 Å². The van der Waals surface area contributed by atoms with Crippen molar-refractivity contribution in [3.63, 3.8) is 0 Å². The lowest BCUT2D eigenvalue weighted by atomic mass is 9.94. The molecule has 0 aromatic carbocycles. The average molecular weight is 308 g/mol. The molecule has 2 aliphatic rings. The summed E-state index contributed by atoms with van der Waals surface area (Å²) in [7, 11) is -3.58. The smallest absolute Gasteiger partial charge is 0.361 e. The van der Waals surface area contributed by atoms with Gasteiger partial charge in [0, 0.05) is 12.8 Å². The van der Waals surface area contributed by atoms with E-state index in [0.29, 0.717) is 0 Å². The Bertz CT molecular complexity index is 345. The average Bonchev–Trinajstić information content (AvgIpc) is 2.83. The van der Waals surface area contributed by atoms with E-state index in [-0.39, 0.29) is 19.8 Å². The predicted octanol–water partition coefficient (Wildman–Crippen LogP) is 2.65. The van der Waals surface area contributed by atoms with Crippen LogP contribution < -0.4 is 0 Å². The molecule has 0 amide bonds. The van der Waals surface area contributed by atoms with Crippen LogP contribution in [0, 0.1) is 0 Å². The first-order valence-corrected chi connectivity index (χ1v) is 9.05. The van der Waals surface area contributed by atoms with E-state index >= 15 is 0 Å². The highest BCUT2D eigenvalue weighted by molar-refractivity contribution is 7.54. The normalized spacial score (nSPS) is 27.9. The minimum absolute atomic E-state index is 0.215. The maximum Gasteiger partial charge on any atom is 0.361 e. The van der Waals surface area contributed by atoms with Crippen molar-refractivity contribution in [3.8, 4) is 0 Å². The van der Waals surface area contributed by atoms with Crippen LogP contribution in [0.3, 0.4) is 0 Å². The van der Waals surface area contributed by atoms with Gasteiger partial charge in [-0.1, -0.05) is 6.42 Å². The van der Waals surface area contributed by atoms with Gasteiger partial charge in [0.2, 0.25) is 0 Å². The van der Waals surface area contributed by atoms with Gasteiger partial charge in [0.25, 0.3) is 0 Å². The summed E-state index contributed by atoms with van der Waals surface area (Å²) in [5.74, 6) is -1.91. The van der Waals surface area contributed by atoms with Gasteiger partial charge in [0.1, 0.15) is 6.10 Å². The molecule has 2 fully saturated rings. The number of ether oxygens (including phenoxy) is 2. The van der Waals surface area contributed by atoms with Crippen LogP contribution in [-0.4, -0.2) is 42.7 Å². The van der Waals surface area contributed by atoms with Crippen LogP contribution in [-0.2, 0) is 23.1 Å². The molecule has 118 valence electrons. The zero-order valence-electron chi connectivity index (χ0n) is 12.2. The summed E-state index contributed by atoms with van der Waals surface area (Å²) in [6, 6.07) is 0. The van der Waals surface area contributed by atoms with Crippen molar-refractivity contribution in [1.82, 2.24) is 0 Å². The molecule has 6 nitrogen and oxygen atoms in total. The molecular weight excluding hydrogens is 283 g/mol. The van der Waals surface area contributed by atoms with E-state index in [1.807, 2.05) is 0 Å². The lowest BCUT2D eigenvalue weighted by Gasteiger charge is -2.32. The van der Waals surface area contributed by atoms with Gasteiger partial charge >= 0.3 is 7.60 Å². The molecule has 1 spiro atoms. The van der Waals surface area contributed by atoms with Gasteiger partial charge in [-0.15, -0.1) is 0 Å². The molecule has 20 heavy (non-hydrogen) atoms.